The molecule has 0 fully saturated rings. The number of carbonyl (C=O) groups excluding carboxylic acids is 1. The van der Waals surface area contributed by atoms with E-state index in [9.17, 15) is 13.2 Å². The number of anilines is 2. The minimum Gasteiger partial charge on any atom is -0.322 e. The molecule has 1 amide bonds. The summed E-state index contributed by atoms with van der Waals surface area (Å²) in [7, 11) is -3.82. The molecule has 0 spiro atoms. The van der Waals surface area contributed by atoms with Gasteiger partial charge in [-0.25, -0.2) is 13.4 Å². The number of thiazole rings is 1. The molecular formula is C26H18ClN3O3S2. The van der Waals surface area contributed by atoms with Crippen molar-refractivity contribution in [3.63, 3.8) is 0 Å². The van der Waals surface area contributed by atoms with Gasteiger partial charge in [0.05, 0.1) is 15.1 Å². The summed E-state index contributed by atoms with van der Waals surface area (Å²) in [5, 5.41) is 4.19. The van der Waals surface area contributed by atoms with Crippen LogP contribution in [0.15, 0.2) is 102 Å². The van der Waals surface area contributed by atoms with Crippen molar-refractivity contribution in [1.29, 1.82) is 0 Å². The molecule has 0 atom stereocenters. The molecular weight excluding hydrogens is 502 g/mol. The number of amides is 1. The van der Waals surface area contributed by atoms with E-state index in [0.717, 1.165) is 20.8 Å². The van der Waals surface area contributed by atoms with Gasteiger partial charge in [-0.1, -0.05) is 29.8 Å². The first kappa shape index (κ1) is 23.0. The van der Waals surface area contributed by atoms with E-state index < -0.39 is 10.0 Å². The molecule has 0 saturated heterocycles. The maximum Gasteiger partial charge on any atom is 0.261 e. The van der Waals surface area contributed by atoms with Gasteiger partial charge < -0.3 is 5.32 Å². The average Bonchev–Trinajstić information content (AvgIpc) is 3.29. The fraction of sp³-hybridized carbons (Fsp3) is 0. The number of nitrogens with zero attached hydrogens (tertiary/aromatic N) is 1. The van der Waals surface area contributed by atoms with Crippen LogP contribution in [0.2, 0.25) is 5.02 Å². The Hall–Kier alpha value is -3.72. The molecule has 35 heavy (non-hydrogen) atoms. The number of halogens is 1. The molecule has 0 aliphatic carbocycles. The molecule has 5 rings (SSSR count). The summed E-state index contributed by atoms with van der Waals surface area (Å²) in [5.41, 5.74) is 3.13. The van der Waals surface area contributed by atoms with Gasteiger partial charge in [-0.2, -0.15) is 0 Å². The number of para-hydroxylation sites is 1. The Morgan fingerprint density at radius 1 is 0.829 bits per heavy atom. The maximum absolute atomic E-state index is 12.8. The van der Waals surface area contributed by atoms with Crippen molar-refractivity contribution in [1.82, 2.24) is 4.98 Å². The highest BCUT2D eigenvalue weighted by Gasteiger charge is 2.15. The van der Waals surface area contributed by atoms with Crippen LogP contribution in [0.1, 0.15) is 10.4 Å². The highest BCUT2D eigenvalue weighted by Crippen LogP contribution is 2.30. The predicted molar refractivity (Wildman–Crippen MR) is 142 cm³/mol. The lowest BCUT2D eigenvalue weighted by molar-refractivity contribution is 0.102. The first-order valence-electron chi connectivity index (χ1n) is 10.5. The quantitative estimate of drug-likeness (QED) is 0.262. The van der Waals surface area contributed by atoms with Crippen LogP contribution in [0, 0.1) is 0 Å². The third-order valence-corrected chi connectivity index (χ3v) is 7.92. The summed E-state index contributed by atoms with van der Waals surface area (Å²) in [4.78, 5) is 17.5. The lowest BCUT2D eigenvalue weighted by Gasteiger charge is -2.10. The number of nitrogens with one attached hydrogen (secondary N) is 2. The fourth-order valence-electron chi connectivity index (χ4n) is 3.45. The van der Waals surface area contributed by atoms with E-state index in [0.29, 0.717) is 16.3 Å². The van der Waals surface area contributed by atoms with Crippen molar-refractivity contribution >= 4 is 60.5 Å². The first-order chi connectivity index (χ1) is 16.9. The number of aromatic nitrogens is 1. The van der Waals surface area contributed by atoms with E-state index in [4.69, 9.17) is 11.6 Å². The number of benzene rings is 4. The largest absolute Gasteiger partial charge is 0.322 e. The van der Waals surface area contributed by atoms with Crippen LogP contribution >= 0.6 is 22.9 Å². The molecule has 1 heterocycles. The summed E-state index contributed by atoms with van der Waals surface area (Å²) in [5.74, 6) is -0.356. The third-order valence-electron chi connectivity index (χ3n) is 5.18. The Kier molecular flexibility index (Phi) is 6.25. The first-order valence-corrected chi connectivity index (χ1v) is 13.2. The number of hydrogen-bond donors (Lipinski definition) is 2. The second kappa shape index (κ2) is 9.50. The van der Waals surface area contributed by atoms with Gasteiger partial charge in [-0.3, -0.25) is 9.52 Å². The summed E-state index contributed by atoms with van der Waals surface area (Å²) in [6, 6.07) is 27.5. The topological polar surface area (TPSA) is 88.2 Å². The van der Waals surface area contributed by atoms with Gasteiger partial charge >= 0.3 is 0 Å². The zero-order valence-electron chi connectivity index (χ0n) is 18.1. The lowest BCUT2D eigenvalue weighted by atomic mass is 10.1. The number of carbonyl (C=O) groups is 1. The number of hydrogen-bond acceptors (Lipinski definition) is 5. The van der Waals surface area contributed by atoms with Crippen LogP contribution < -0.4 is 10.0 Å². The minimum absolute atomic E-state index is 0.0740. The zero-order chi connectivity index (χ0) is 24.4. The van der Waals surface area contributed by atoms with E-state index in [1.165, 1.54) is 30.3 Å². The van der Waals surface area contributed by atoms with Gasteiger partial charge in [0.15, 0.2) is 0 Å². The third kappa shape index (κ3) is 5.19. The van der Waals surface area contributed by atoms with Gasteiger partial charge in [0.2, 0.25) is 0 Å². The van der Waals surface area contributed by atoms with Crippen molar-refractivity contribution in [2.24, 2.45) is 0 Å². The number of fused-ring (bicyclic) bond motifs is 1. The molecule has 5 aromatic rings. The van der Waals surface area contributed by atoms with Crippen LogP contribution in [-0.2, 0) is 10.0 Å². The predicted octanol–water partition coefficient (Wildman–Crippen LogP) is 6.67. The minimum atomic E-state index is -3.82. The van der Waals surface area contributed by atoms with Crippen molar-refractivity contribution < 1.29 is 13.2 Å². The van der Waals surface area contributed by atoms with Crippen molar-refractivity contribution in [3.05, 3.63) is 108 Å². The van der Waals surface area contributed by atoms with Crippen LogP contribution in [0.25, 0.3) is 20.8 Å². The molecule has 0 aliphatic heterocycles. The highest BCUT2D eigenvalue weighted by molar-refractivity contribution is 7.92. The smallest absolute Gasteiger partial charge is 0.261 e. The van der Waals surface area contributed by atoms with Gasteiger partial charge in [0, 0.05) is 27.5 Å². The molecule has 2 N–H and O–H groups in total. The summed E-state index contributed by atoms with van der Waals surface area (Å²) >= 11 is 7.45. The van der Waals surface area contributed by atoms with Crippen molar-refractivity contribution in [2.45, 2.75) is 4.90 Å². The molecule has 0 unspecified atom stereocenters. The second-order valence-electron chi connectivity index (χ2n) is 7.66. The van der Waals surface area contributed by atoms with Gasteiger partial charge in [0.1, 0.15) is 5.01 Å². The molecule has 9 heteroatoms. The fourth-order valence-corrected chi connectivity index (χ4v) is 5.59. The highest BCUT2D eigenvalue weighted by atomic mass is 35.5. The van der Waals surface area contributed by atoms with E-state index in [-0.39, 0.29) is 16.5 Å². The van der Waals surface area contributed by atoms with Crippen LogP contribution in [-0.4, -0.2) is 19.3 Å². The van der Waals surface area contributed by atoms with Gasteiger partial charge in [-0.15, -0.1) is 11.3 Å². The molecule has 6 nitrogen and oxygen atoms in total. The number of rotatable bonds is 6. The summed E-state index contributed by atoms with van der Waals surface area (Å²) in [6.45, 7) is 0. The van der Waals surface area contributed by atoms with E-state index in [1.54, 1.807) is 29.5 Å². The van der Waals surface area contributed by atoms with Crippen molar-refractivity contribution in [3.8, 4) is 10.6 Å². The average molecular weight is 520 g/mol. The summed E-state index contributed by atoms with van der Waals surface area (Å²) < 4.78 is 28.9. The molecule has 0 bridgehead atoms. The molecule has 0 aliphatic rings. The normalized spacial score (nSPS) is 11.3. The summed E-state index contributed by atoms with van der Waals surface area (Å²) in [6.07, 6.45) is 0. The van der Waals surface area contributed by atoms with E-state index in [1.807, 2.05) is 48.5 Å². The maximum atomic E-state index is 12.8. The second-order valence-corrected chi connectivity index (χ2v) is 10.8. The Bertz CT molecular complexity index is 1600. The van der Waals surface area contributed by atoms with Gasteiger partial charge in [0.25, 0.3) is 15.9 Å². The van der Waals surface area contributed by atoms with Crippen LogP contribution in [0.5, 0.6) is 0 Å². The lowest BCUT2D eigenvalue weighted by Crippen LogP contribution is -2.15. The molecule has 0 saturated carbocycles. The molecule has 174 valence electrons. The van der Waals surface area contributed by atoms with Crippen LogP contribution in [0.4, 0.5) is 11.4 Å². The Balaban J connectivity index is 1.29. The number of sulfonamides is 1. The Morgan fingerprint density at radius 3 is 2.31 bits per heavy atom. The monoisotopic (exact) mass is 519 g/mol. The van der Waals surface area contributed by atoms with Crippen molar-refractivity contribution in [2.75, 3.05) is 10.0 Å². The standard InChI is InChI=1S/C26H18ClN3O3S2/c27-19-10-14-22(15-11-19)35(32,33)30-21-5-3-4-18(16-21)25(31)28-20-12-8-17(9-13-20)26-29-23-6-1-2-7-24(23)34-26/h1-16,30H,(H,28,31). The van der Waals surface area contributed by atoms with Gasteiger partial charge in [-0.05, 0) is 78.9 Å². The Labute approximate surface area is 211 Å². The molecule has 1 aromatic heterocycles. The molecule has 4 aromatic carbocycles. The SMILES string of the molecule is O=C(Nc1ccc(-c2nc3ccccc3s2)cc1)c1cccc(NS(=O)(=O)c2ccc(Cl)cc2)c1. The zero-order valence-corrected chi connectivity index (χ0v) is 20.5. The van der Waals surface area contributed by atoms with Crippen LogP contribution in [0.3, 0.4) is 0 Å². The van der Waals surface area contributed by atoms with E-state index >= 15 is 0 Å². The molecule has 0 radical (unpaired) electrons. The Morgan fingerprint density at radius 2 is 1.57 bits per heavy atom. The van der Waals surface area contributed by atoms with E-state index in [2.05, 4.69) is 15.0 Å².